The van der Waals surface area contributed by atoms with Gasteiger partial charge in [-0.3, -0.25) is 0 Å². The molecule has 0 radical (unpaired) electrons. The van der Waals surface area contributed by atoms with Crippen LogP contribution in [0.25, 0.3) is 0 Å². The normalized spacial score (nSPS) is 27.9. The van der Waals surface area contributed by atoms with Crippen LogP contribution in [0.4, 0.5) is 0 Å². The van der Waals surface area contributed by atoms with Gasteiger partial charge < -0.3 is 19.9 Å². The molecule has 0 bridgehead atoms. The SMILES string of the molecule is CCCOCCOC1COCCC1N. The van der Waals surface area contributed by atoms with E-state index >= 15 is 0 Å². The lowest BCUT2D eigenvalue weighted by atomic mass is 10.1. The van der Waals surface area contributed by atoms with Crippen LogP contribution in [-0.2, 0) is 14.2 Å². The van der Waals surface area contributed by atoms with Crippen molar-refractivity contribution in [2.24, 2.45) is 5.73 Å². The van der Waals surface area contributed by atoms with Crippen LogP contribution < -0.4 is 5.73 Å². The van der Waals surface area contributed by atoms with Crippen LogP contribution in [-0.4, -0.2) is 45.2 Å². The van der Waals surface area contributed by atoms with Gasteiger partial charge >= 0.3 is 0 Å². The second-order valence-electron chi connectivity index (χ2n) is 3.55. The summed E-state index contributed by atoms with van der Waals surface area (Å²) >= 11 is 0. The molecule has 0 saturated carbocycles. The molecular weight excluding hydrogens is 182 g/mol. The molecule has 0 aliphatic carbocycles. The zero-order valence-corrected chi connectivity index (χ0v) is 8.91. The van der Waals surface area contributed by atoms with E-state index in [1.165, 1.54) is 0 Å². The molecule has 0 spiro atoms. The van der Waals surface area contributed by atoms with Crippen LogP contribution in [0.15, 0.2) is 0 Å². The van der Waals surface area contributed by atoms with E-state index in [0.717, 1.165) is 26.1 Å². The molecule has 14 heavy (non-hydrogen) atoms. The highest BCUT2D eigenvalue weighted by atomic mass is 16.6. The third-order valence-corrected chi connectivity index (χ3v) is 2.26. The van der Waals surface area contributed by atoms with Crippen LogP contribution in [0.2, 0.25) is 0 Å². The van der Waals surface area contributed by atoms with E-state index in [2.05, 4.69) is 6.92 Å². The molecule has 2 atom stereocenters. The summed E-state index contributed by atoms with van der Waals surface area (Å²) in [5, 5.41) is 0. The van der Waals surface area contributed by atoms with Gasteiger partial charge in [0, 0.05) is 19.3 Å². The average molecular weight is 203 g/mol. The first kappa shape index (κ1) is 11.9. The van der Waals surface area contributed by atoms with Gasteiger partial charge in [-0.2, -0.15) is 0 Å². The fourth-order valence-electron chi connectivity index (χ4n) is 1.40. The maximum absolute atomic E-state index is 5.87. The van der Waals surface area contributed by atoms with E-state index in [1.54, 1.807) is 0 Å². The maximum Gasteiger partial charge on any atom is 0.0960 e. The van der Waals surface area contributed by atoms with Crippen molar-refractivity contribution in [1.29, 1.82) is 0 Å². The van der Waals surface area contributed by atoms with Crippen molar-refractivity contribution in [2.45, 2.75) is 31.9 Å². The van der Waals surface area contributed by atoms with E-state index in [4.69, 9.17) is 19.9 Å². The average Bonchev–Trinajstić information content (AvgIpc) is 2.20. The van der Waals surface area contributed by atoms with Crippen molar-refractivity contribution in [1.82, 2.24) is 0 Å². The highest BCUT2D eigenvalue weighted by Gasteiger charge is 2.22. The molecule has 2 unspecified atom stereocenters. The highest BCUT2D eigenvalue weighted by Crippen LogP contribution is 2.08. The summed E-state index contributed by atoms with van der Waals surface area (Å²) in [7, 11) is 0. The predicted molar refractivity (Wildman–Crippen MR) is 54.3 cm³/mol. The summed E-state index contributed by atoms with van der Waals surface area (Å²) in [4.78, 5) is 0. The molecule has 1 aliphatic heterocycles. The molecule has 1 rings (SSSR count). The van der Waals surface area contributed by atoms with Crippen LogP contribution in [0, 0.1) is 0 Å². The highest BCUT2D eigenvalue weighted by molar-refractivity contribution is 4.76. The Morgan fingerprint density at radius 1 is 1.36 bits per heavy atom. The summed E-state index contributed by atoms with van der Waals surface area (Å²) in [6.07, 6.45) is 1.99. The zero-order valence-electron chi connectivity index (χ0n) is 8.91. The van der Waals surface area contributed by atoms with E-state index < -0.39 is 0 Å². The molecule has 0 amide bonds. The van der Waals surface area contributed by atoms with Crippen molar-refractivity contribution in [3.05, 3.63) is 0 Å². The first-order chi connectivity index (χ1) is 6.84. The Morgan fingerprint density at radius 3 is 2.93 bits per heavy atom. The van der Waals surface area contributed by atoms with Gasteiger partial charge in [0.1, 0.15) is 0 Å². The minimum Gasteiger partial charge on any atom is -0.379 e. The van der Waals surface area contributed by atoms with E-state index in [0.29, 0.717) is 19.8 Å². The fraction of sp³-hybridized carbons (Fsp3) is 1.00. The maximum atomic E-state index is 5.87. The number of hydrogen-bond acceptors (Lipinski definition) is 4. The van der Waals surface area contributed by atoms with Crippen LogP contribution in [0.5, 0.6) is 0 Å². The predicted octanol–water partition coefficient (Wildman–Crippen LogP) is 0.546. The summed E-state index contributed by atoms with van der Waals surface area (Å²) in [5.41, 5.74) is 5.87. The summed E-state index contributed by atoms with van der Waals surface area (Å²) in [6, 6.07) is 0.120. The molecule has 84 valence electrons. The van der Waals surface area contributed by atoms with Crippen LogP contribution in [0.3, 0.4) is 0 Å². The molecule has 4 heteroatoms. The molecule has 0 aromatic carbocycles. The molecule has 1 aliphatic rings. The van der Waals surface area contributed by atoms with E-state index in [-0.39, 0.29) is 12.1 Å². The lowest BCUT2D eigenvalue weighted by Crippen LogP contribution is -2.45. The fourth-order valence-corrected chi connectivity index (χ4v) is 1.40. The first-order valence-corrected chi connectivity index (χ1v) is 5.37. The minimum atomic E-state index is 0.0500. The Labute approximate surface area is 85.7 Å². The van der Waals surface area contributed by atoms with Crippen molar-refractivity contribution in [3.8, 4) is 0 Å². The van der Waals surface area contributed by atoms with Crippen LogP contribution in [0.1, 0.15) is 19.8 Å². The van der Waals surface area contributed by atoms with Gasteiger partial charge in [-0.1, -0.05) is 6.92 Å². The van der Waals surface area contributed by atoms with Crippen molar-refractivity contribution in [3.63, 3.8) is 0 Å². The van der Waals surface area contributed by atoms with Crippen molar-refractivity contribution in [2.75, 3.05) is 33.0 Å². The quantitative estimate of drug-likeness (QED) is 0.640. The second-order valence-corrected chi connectivity index (χ2v) is 3.55. The summed E-state index contributed by atoms with van der Waals surface area (Å²) in [5.74, 6) is 0. The van der Waals surface area contributed by atoms with Crippen LogP contribution >= 0.6 is 0 Å². The molecule has 1 saturated heterocycles. The minimum absolute atomic E-state index is 0.0500. The van der Waals surface area contributed by atoms with Gasteiger partial charge in [-0.05, 0) is 12.8 Å². The number of hydrogen-bond donors (Lipinski definition) is 1. The Bertz CT molecular complexity index is 143. The zero-order chi connectivity index (χ0) is 10.2. The van der Waals surface area contributed by atoms with E-state index in [1.807, 2.05) is 0 Å². The van der Waals surface area contributed by atoms with Gasteiger partial charge in [-0.15, -0.1) is 0 Å². The number of rotatable bonds is 6. The van der Waals surface area contributed by atoms with E-state index in [9.17, 15) is 0 Å². The standard InChI is InChI=1S/C10H21NO3/c1-2-4-12-6-7-14-10-8-13-5-3-9(10)11/h9-10H,2-8,11H2,1H3. The molecular formula is C10H21NO3. The van der Waals surface area contributed by atoms with Gasteiger partial charge in [0.2, 0.25) is 0 Å². The lowest BCUT2D eigenvalue weighted by molar-refractivity contribution is -0.0743. The second kappa shape index (κ2) is 7.17. The molecule has 4 nitrogen and oxygen atoms in total. The Morgan fingerprint density at radius 2 is 2.21 bits per heavy atom. The Kier molecular flexibility index (Phi) is 6.10. The monoisotopic (exact) mass is 203 g/mol. The third-order valence-electron chi connectivity index (χ3n) is 2.26. The Balaban J connectivity index is 1.99. The molecule has 0 aromatic rings. The molecule has 1 fully saturated rings. The number of ether oxygens (including phenoxy) is 3. The first-order valence-electron chi connectivity index (χ1n) is 5.37. The topological polar surface area (TPSA) is 53.7 Å². The summed E-state index contributed by atoms with van der Waals surface area (Å²) in [6.45, 7) is 5.53. The smallest absolute Gasteiger partial charge is 0.0960 e. The number of nitrogens with two attached hydrogens (primary N) is 1. The van der Waals surface area contributed by atoms with Gasteiger partial charge in [0.05, 0.1) is 25.9 Å². The molecule has 2 N–H and O–H groups in total. The lowest BCUT2D eigenvalue weighted by Gasteiger charge is -2.28. The molecule has 1 heterocycles. The molecule has 0 aromatic heterocycles. The summed E-state index contributed by atoms with van der Waals surface area (Å²) < 4.78 is 16.2. The van der Waals surface area contributed by atoms with Gasteiger partial charge in [0.25, 0.3) is 0 Å². The van der Waals surface area contributed by atoms with Crippen molar-refractivity contribution < 1.29 is 14.2 Å². The largest absolute Gasteiger partial charge is 0.379 e. The third kappa shape index (κ3) is 4.37. The van der Waals surface area contributed by atoms with Gasteiger partial charge in [-0.25, -0.2) is 0 Å². The van der Waals surface area contributed by atoms with Crippen molar-refractivity contribution >= 4 is 0 Å². The van der Waals surface area contributed by atoms with Gasteiger partial charge in [0.15, 0.2) is 0 Å². The Hall–Kier alpha value is -0.160.